The van der Waals surface area contributed by atoms with E-state index in [0.717, 1.165) is 12.8 Å². The van der Waals surface area contributed by atoms with Crippen molar-refractivity contribution in [3.8, 4) is 0 Å². The highest BCUT2D eigenvalue weighted by Gasteiger charge is 2.49. The van der Waals surface area contributed by atoms with Crippen molar-refractivity contribution >= 4 is 23.6 Å². The average molecular weight is 444 g/mol. The Morgan fingerprint density at radius 1 is 1.17 bits per heavy atom. The van der Waals surface area contributed by atoms with Crippen molar-refractivity contribution in [3.05, 3.63) is 34.9 Å². The van der Waals surface area contributed by atoms with E-state index in [9.17, 15) is 18.4 Å². The number of alkyl carbamates (subject to hydrolysis) is 1. The van der Waals surface area contributed by atoms with Crippen LogP contribution in [0.1, 0.15) is 39.2 Å². The summed E-state index contributed by atoms with van der Waals surface area (Å²) in [6.45, 7) is 5.90. The van der Waals surface area contributed by atoms with Gasteiger partial charge in [-0.15, -0.1) is 0 Å². The minimum Gasteiger partial charge on any atom is -0.444 e. The molecular weight excluding hydrogens is 416 g/mol. The van der Waals surface area contributed by atoms with Gasteiger partial charge in [0.05, 0.1) is 0 Å². The van der Waals surface area contributed by atoms with Crippen LogP contribution in [0.2, 0.25) is 5.02 Å². The first kappa shape index (κ1) is 22.7. The Labute approximate surface area is 180 Å². The molecule has 1 aromatic rings. The maximum absolute atomic E-state index is 14.8. The number of benzene rings is 1. The topological polar surface area (TPSA) is 84.7 Å². The van der Waals surface area contributed by atoms with Crippen LogP contribution in [0.25, 0.3) is 0 Å². The summed E-state index contributed by atoms with van der Waals surface area (Å²) in [5.74, 6) is -4.34. The molecule has 1 saturated carbocycles. The third-order valence-electron chi connectivity index (χ3n) is 5.71. The average Bonchev–Trinajstić information content (AvgIpc) is 2.87. The maximum Gasteiger partial charge on any atom is 0.407 e. The number of carbonyl (C=O) groups excluding carboxylic acids is 2. The Morgan fingerprint density at radius 2 is 1.70 bits per heavy atom. The highest BCUT2D eigenvalue weighted by Crippen LogP contribution is 2.39. The number of hydrogen-bond acceptors (Lipinski definition) is 4. The van der Waals surface area contributed by atoms with Crippen LogP contribution in [0.15, 0.2) is 24.3 Å². The van der Waals surface area contributed by atoms with Gasteiger partial charge in [-0.05, 0) is 57.6 Å². The fraction of sp³-hybridized carbons (Fsp3) is 0.619. The van der Waals surface area contributed by atoms with Gasteiger partial charge in [0.25, 0.3) is 5.92 Å². The van der Waals surface area contributed by atoms with E-state index in [1.54, 1.807) is 20.8 Å². The number of rotatable bonds is 4. The molecular formula is C21H28ClF2N3O3. The van der Waals surface area contributed by atoms with Crippen molar-refractivity contribution in [1.82, 2.24) is 10.2 Å². The lowest BCUT2D eigenvalue weighted by Gasteiger charge is -2.40. The standard InChI is InChI=1S/C21H28ClF2N3O3/c1-20(2,3)30-19(29)26-16-12-4-5-13(16)11-27(10-12)18(28)17(25)21(23,24)14-6-8-15(22)9-7-14/h6-9,12-13,16-17H,4-5,10-11,25H2,1-3H3,(H,26,29). The number of carbonyl (C=O) groups is 2. The van der Waals surface area contributed by atoms with Crippen LogP contribution in [-0.2, 0) is 15.5 Å². The summed E-state index contributed by atoms with van der Waals surface area (Å²) in [4.78, 5) is 26.3. The predicted octanol–water partition coefficient (Wildman–Crippen LogP) is 3.52. The molecule has 1 aliphatic heterocycles. The molecule has 3 unspecified atom stereocenters. The largest absolute Gasteiger partial charge is 0.444 e. The molecule has 2 bridgehead atoms. The van der Waals surface area contributed by atoms with Crippen LogP contribution >= 0.6 is 11.6 Å². The summed E-state index contributed by atoms with van der Waals surface area (Å²) in [5, 5.41) is 3.22. The quantitative estimate of drug-likeness (QED) is 0.745. The maximum atomic E-state index is 14.8. The zero-order valence-corrected chi connectivity index (χ0v) is 18.1. The Bertz CT molecular complexity index is 784. The second-order valence-corrected chi connectivity index (χ2v) is 9.56. The summed E-state index contributed by atoms with van der Waals surface area (Å²) >= 11 is 5.76. The second kappa shape index (κ2) is 8.30. The summed E-state index contributed by atoms with van der Waals surface area (Å²) in [5.41, 5.74) is 4.77. The number of fused-ring (bicyclic) bond motifs is 2. The third-order valence-corrected chi connectivity index (χ3v) is 5.97. The molecule has 9 heteroatoms. The van der Waals surface area contributed by atoms with E-state index in [2.05, 4.69) is 5.32 Å². The van der Waals surface area contributed by atoms with E-state index < -0.39 is 29.6 Å². The van der Waals surface area contributed by atoms with Gasteiger partial charge in [0.2, 0.25) is 5.91 Å². The summed E-state index contributed by atoms with van der Waals surface area (Å²) in [7, 11) is 0. The second-order valence-electron chi connectivity index (χ2n) is 9.12. The zero-order valence-electron chi connectivity index (χ0n) is 17.3. The molecule has 1 saturated heterocycles. The zero-order chi connectivity index (χ0) is 22.3. The van der Waals surface area contributed by atoms with E-state index in [-0.39, 0.29) is 36.5 Å². The minimum absolute atomic E-state index is 0.0171. The van der Waals surface area contributed by atoms with Crippen molar-refractivity contribution in [2.24, 2.45) is 17.6 Å². The number of nitrogens with zero attached hydrogens (tertiary/aromatic N) is 1. The molecule has 1 aliphatic carbocycles. The van der Waals surface area contributed by atoms with Gasteiger partial charge in [0.1, 0.15) is 5.60 Å². The minimum atomic E-state index is -3.52. The van der Waals surface area contributed by atoms with Crippen LogP contribution in [0, 0.1) is 11.8 Å². The molecule has 1 heterocycles. The van der Waals surface area contributed by atoms with E-state index in [0.29, 0.717) is 5.02 Å². The first-order chi connectivity index (χ1) is 13.9. The molecule has 2 fully saturated rings. The number of piperidine rings is 1. The van der Waals surface area contributed by atoms with E-state index >= 15 is 0 Å². The number of likely N-dealkylation sites (tertiary alicyclic amines) is 1. The molecule has 3 rings (SSSR count). The van der Waals surface area contributed by atoms with Gasteiger partial charge >= 0.3 is 6.09 Å². The highest BCUT2D eigenvalue weighted by molar-refractivity contribution is 6.30. The summed E-state index contributed by atoms with van der Waals surface area (Å²) < 4.78 is 34.9. The molecule has 3 N–H and O–H groups in total. The van der Waals surface area contributed by atoms with Gasteiger partial charge in [0.15, 0.2) is 6.04 Å². The number of halogens is 3. The van der Waals surface area contributed by atoms with Crippen molar-refractivity contribution < 1.29 is 23.1 Å². The van der Waals surface area contributed by atoms with Crippen LogP contribution in [-0.4, -0.2) is 47.7 Å². The first-order valence-corrected chi connectivity index (χ1v) is 10.4. The molecule has 0 radical (unpaired) electrons. The molecule has 166 valence electrons. The lowest BCUT2D eigenvalue weighted by atomic mass is 9.91. The fourth-order valence-electron chi connectivity index (χ4n) is 4.29. The molecule has 1 aromatic carbocycles. The lowest BCUT2D eigenvalue weighted by molar-refractivity contribution is -0.145. The normalized spacial score (nSPS) is 25.0. The third kappa shape index (κ3) is 4.86. The highest BCUT2D eigenvalue weighted by atomic mass is 35.5. The molecule has 0 spiro atoms. The summed E-state index contributed by atoms with van der Waals surface area (Å²) in [6.07, 6.45) is 1.10. The number of alkyl halides is 2. The molecule has 2 aliphatic rings. The van der Waals surface area contributed by atoms with E-state index in [4.69, 9.17) is 22.1 Å². The monoisotopic (exact) mass is 443 g/mol. The van der Waals surface area contributed by atoms with E-state index in [1.165, 1.54) is 29.2 Å². The lowest BCUT2D eigenvalue weighted by Crippen LogP contribution is -2.59. The number of nitrogens with one attached hydrogen (secondary N) is 1. The number of nitrogens with two attached hydrogens (primary N) is 1. The van der Waals surface area contributed by atoms with Gasteiger partial charge in [-0.25, -0.2) is 4.79 Å². The summed E-state index contributed by atoms with van der Waals surface area (Å²) in [6, 6.07) is 2.91. The van der Waals surface area contributed by atoms with Crippen molar-refractivity contribution in [2.75, 3.05) is 13.1 Å². The Balaban J connectivity index is 1.65. The van der Waals surface area contributed by atoms with Crippen molar-refractivity contribution in [3.63, 3.8) is 0 Å². The molecule has 30 heavy (non-hydrogen) atoms. The van der Waals surface area contributed by atoms with Gasteiger partial charge in [-0.3, -0.25) is 4.79 Å². The Kier molecular flexibility index (Phi) is 6.30. The SMILES string of the molecule is CC(C)(C)OC(=O)NC1C2CCC1CN(C(=O)C(N)C(F)(F)c1ccc(Cl)cc1)C2. The van der Waals surface area contributed by atoms with Gasteiger partial charge in [-0.1, -0.05) is 23.7 Å². The molecule has 2 amide bonds. The smallest absolute Gasteiger partial charge is 0.407 e. The number of amides is 2. The van der Waals surface area contributed by atoms with Gasteiger partial charge in [0, 0.05) is 29.7 Å². The Hall–Kier alpha value is -1.93. The van der Waals surface area contributed by atoms with Crippen molar-refractivity contribution in [2.45, 2.75) is 57.2 Å². The molecule has 0 aromatic heterocycles. The molecule has 6 nitrogen and oxygen atoms in total. The van der Waals surface area contributed by atoms with Crippen molar-refractivity contribution in [1.29, 1.82) is 0 Å². The number of ether oxygens (including phenoxy) is 1. The predicted molar refractivity (Wildman–Crippen MR) is 109 cm³/mol. The van der Waals surface area contributed by atoms with Crippen LogP contribution in [0.4, 0.5) is 13.6 Å². The van der Waals surface area contributed by atoms with E-state index in [1.807, 2.05) is 0 Å². The molecule has 3 atom stereocenters. The number of hydrogen-bond donors (Lipinski definition) is 2. The van der Waals surface area contributed by atoms with Crippen LogP contribution in [0.3, 0.4) is 0 Å². The van der Waals surface area contributed by atoms with Gasteiger partial charge < -0.3 is 20.7 Å². The Morgan fingerprint density at radius 3 is 2.20 bits per heavy atom. The van der Waals surface area contributed by atoms with Crippen LogP contribution < -0.4 is 11.1 Å². The fourth-order valence-corrected chi connectivity index (χ4v) is 4.41. The van der Waals surface area contributed by atoms with Crippen LogP contribution in [0.5, 0.6) is 0 Å². The first-order valence-electron chi connectivity index (χ1n) is 10.1. The van der Waals surface area contributed by atoms with Gasteiger partial charge in [-0.2, -0.15) is 8.78 Å².